The Balaban J connectivity index is 1.84. The molecular formula is C27H22O5. The van der Waals surface area contributed by atoms with Crippen molar-refractivity contribution in [2.24, 2.45) is 0 Å². The van der Waals surface area contributed by atoms with Gasteiger partial charge in [0.2, 0.25) is 0 Å². The van der Waals surface area contributed by atoms with Crippen molar-refractivity contribution in [3.63, 3.8) is 0 Å². The van der Waals surface area contributed by atoms with Crippen molar-refractivity contribution in [1.29, 1.82) is 0 Å². The minimum atomic E-state index is -1.66. The fourth-order valence-corrected chi connectivity index (χ4v) is 4.23. The Hall–Kier alpha value is -3.96. The van der Waals surface area contributed by atoms with E-state index >= 15 is 0 Å². The quantitative estimate of drug-likeness (QED) is 0.431. The van der Waals surface area contributed by atoms with Gasteiger partial charge in [0.25, 0.3) is 0 Å². The average molecular weight is 426 g/mol. The van der Waals surface area contributed by atoms with Crippen LogP contribution in [0.5, 0.6) is 34.5 Å². The predicted octanol–water partition coefficient (Wildman–Crippen LogP) is 5.89. The third-order valence-electron chi connectivity index (χ3n) is 5.61. The number of hydrogen-bond acceptors (Lipinski definition) is 5. The number of para-hydroxylation sites is 2. The third-order valence-corrected chi connectivity index (χ3v) is 5.61. The van der Waals surface area contributed by atoms with Gasteiger partial charge in [-0.1, -0.05) is 48.5 Å². The molecule has 4 aromatic rings. The summed E-state index contributed by atoms with van der Waals surface area (Å²) in [7, 11) is 3.14. The fourth-order valence-electron chi connectivity index (χ4n) is 4.23. The van der Waals surface area contributed by atoms with Gasteiger partial charge >= 0.3 is 0 Å². The summed E-state index contributed by atoms with van der Waals surface area (Å²) in [5.74, 6) is 3.14. The van der Waals surface area contributed by atoms with Crippen LogP contribution in [-0.4, -0.2) is 19.3 Å². The Bertz CT molecular complexity index is 1270. The van der Waals surface area contributed by atoms with Crippen LogP contribution in [0.25, 0.3) is 0 Å². The Morgan fingerprint density at radius 3 is 1.97 bits per heavy atom. The number of fused-ring (bicyclic) bond motifs is 2. The van der Waals surface area contributed by atoms with E-state index < -0.39 is 5.60 Å². The fraction of sp³-hybridized carbons (Fsp3) is 0.111. The van der Waals surface area contributed by atoms with Crippen molar-refractivity contribution < 1.29 is 24.1 Å². The summed E-state index contributed by atoms with van der Waals surface area (Å²) in [6.07, 6.45) is 0. The highest BCUT2D eigenvalue weighted by molar-refractivity contribution is 5.69. The van der Waals surface area contributed by atoms with Gasteiger partial charge in [0.15, 0.2) is 5.60 Å². The van der Waals surface area contributed by atoms with Crippen LogP contribution < -0.4 is 18.9 Å². The summed E-state index contributed by atoms with van der Waals surface area (Å²) in [6, 6.07) is 27.7. The van der Waals surface area contributed by atoms with Crippen molar-refractivity contribution in [1.82, 2.24) is 0 Å². The molecule has 1 heterocycles. The molecule has 1 unspecified atom stereocenters. The first-order chi connectivity index (χ1) is 15.7. The minimum Gasteiger partial charge on any atom is -0.496 e. The second kappa shape index (κ2) is 7.94. The topological polar surface area (TPSA) is 57.2 Å². The lowest BCUT2D eigenvalue weighted by Crippen LogP contribution is -2.33. The zero-order valence-electron chi connectivity index (χ0n) is 17.7. The van der Waals surface area contributed by atoms with Crippen molar-refractivity contribution in [3.05, 3.63) is 108 Å². The number of ether oxygens (including phenoxy) is 4. The smallest absolute Gasteiger partial charge is 0.158 e. The molecule has 1 aliphatic rings. The van der Waals surface area contributed by atoms with Crippen LogP contribution in [0.1, 0.15) is 16.7 Å². The predicted molar refractivity (Wildman–Crippen MR) is 121 cm³/mol. The zero-order valence-corrected chi connectivity index (χ0v) is 17.7. The number of methoxy groups -OCH3 is 2. The maximum absolute atomic E-state index is 12.6. The first-order valence-electron chi connectivity index (χ1n) is 10.2. The van der Waals surface area contributed by atoms with Crippen LogP contribution >= 0.6 is 0 Å². The largest absolute Gasteiger partial charge is 0.496 e. The van der Waals surface area contributed by atoms with Crippen molar-refractivity contribution in [2.45, 2.75) is 5.60 Å². The van der Waals surface area contributed by atoms with Gasteiger partial charge in [0, 0.05) is 5.56 Å². The molecule has 0 spiro atoms. The zero-order chi connectivity index (χ0) is 22.1. The SMILES string of the molecule is COc1cccc(Oc2ccccc2)c1C1(O)c2ccccc2Oc2cccc(OC)c21. The van der Waals surface area contributed by atoms with Crippen molar-refractivity contribution in [3.8, 4) is 34.5 Å². The van der Waals surface area contributed by atoms with Gasteiger partial charge in [-0.25, -0.2) is 0 Å². The molecule has 1 aliphatic heterocycles. The molecule has 0 bridgehead atoms. The van der Waals surface area contributed by atoms with E-state index in [1.807, 2.05) is 78.9 Å². The van der Waals surface area contributed by atoms with E-state index in [0.717, 1.165) is 0 Å². The summed E-state index contributed by atoms with van der Waals surface area (Å²) < 4.78 is 23.8. The lowest BCUT2D eigenvalue weighted by molar-refractivity contribution is 0.103. The van der Waals surface area contributed by atoms with Crippen LogP contribution in [0.15, 0.2) is 91.0 Å². The summed E-state index contributed by atoms with van der Waals surface area (Å²) in [5, 5.41) is 12.6. The van der Waals surface area contributed by atoms with E-state index in [2.05, 4.69) is 0 Å². The van der Waals surface area contributed by atoms with E-state index in [4.69, 9.17) is 18.9 Å². The van der Waals surface area contributed by atoms with Crippen LogP contribution in [-0.2, 0) is 5.60 Å². The Kier molecular flexibility index (Phi) is 4.96. The molecule has 4 aromatic carbocycles. The van der Waals surface area contributed by atoms with Gasteiger partial charge < -0.3 is 24.1 Å². The first-order valence-corrected chi connectivity index (χ1v) is 10.2. The molecule has 0 fully saturated rings. The van der Waals surface area contributed by atoms with Gasteiger partial charge in [0.05, 0.1) is 25.3 Å². The normalized spacial score (nSPS) is 16.3. The minimum absolute atomic E-state index is 0.464. The highest BCUT2D eigenvalue weighted by atomic mass is 16.5. The molecule has 5 nitrogen and oxygen atoms in total. The van der Waals surface area contributed by atoms with Crippen molar-refractivity contribution in [2.75, 3.05) is 14.2 Å². The molecule has 0 radical (unpaired) electrons. The first kappa shape index (κ1) is 20.0. The van der Waals surface area contributed by atoms with E-state index in [0.29, 0.717) is 51.2 Å². The molecule has 0 amide bonds. The number of hydrogen-bond donors (Lipinski definition) is 1. The summed E-state index contributed by atoms with van der Waals surface area (Å²) in [6.45, 7) is 0. The van der Waals surface area contributed by atoms with E-state index in [9.17, 15) is 5.11 Å². The molecule has 0 aliphatic carbocycles. The molecule has 5 heteroatoms. The maximum Gasteiger partial charge on any atom is 0.158 e. The van der Waals surface area contributed by atoms with Crippen LogP contribution in [0.3, 0.4) is 0 Å². The molecule has 5 rings (SSSR count). The number of rotatable bonds is 5. The van der Waals surface area contributed by atoms with Crippen molar-refractivity contribution >= 4 is 0 Å². The van der Waals surface area contributed by atoms with Crippen LogP contribution in [0, 0.1) is 0 Å². The van der Waals surface area contributed by atoms with E-state index in [1.54, 1.807) is 26.4 Å². The van der Waals surface area contributed by atoms with E-state index in [1.165, 1.54) is 0 Å². The summed E-state index contributed by atoms with van der Waals surface area (Å²) in [5.41, 5.74) is -0.135. The lowest BCUT2D eigenvalue weighted by atomic mass is 9.76. The average Bonchev–Trinajstić information content (AvgIpc) is 2.84. The molecule has 160 valence electrons. The van der Waals surface area contributed by atoms with Gasteiger partial charge in [-0.2, -0.15) is 0 Å². The lowest BCUT2D eigenvalue weighted by Gasteiger charge is -2.38. The Labute approximate surface area is 186 Å². The molecule has 1 N–H and O–H groups in total. The summed E-state index contributed by atoms with van der Waals surface area (Å²) >= 11 is 0. The molecule has 0 saturated carbocycles. The maximum atomic E-state index is 12.6. The second-order valence-electron chi connectivity index (χ2n) is 7.39. The van der Waals surface area contributed by atoms with Gasteiger partial charge in [0.1, 0.15) is 34.5 Å². The van der Waals surface area contributed by atoms with Gasteiger partial charge in [-0.3, -0.25) is 0 Å². The van der Waals surface area contributed by atoms with E-state index in [-0.39, 0.29) is 0 Å². The Morgan fingerprint density at radius 1 is 0.625 bits per heavy atom. The second-order valence-corrected chi connectivity index (χ2v) is 7.39. The molecule has 1 atom stereocenters. The van der Waals surface area contributed by atoms with Gasteiger partial charge in [-0.15, -0.1) is 0 Å². The highest BCUT2D eigenvalue weighted by Gasteiger charge is 2.48. The molecule has 32 heavy (non-hydrogen) atoms. The molecular weight excluding hydrogens is 404 g/mol. The highest BCUT2D eigenvalue weighted by Crippen LogP contribution is 2.57. The third kappa shape index (κ3) is 3.06. The molecule has 0 aromatic heterocycles. The standard InChI is InChI=1S/C27H22O5/c1-29-21-14-8-16-23(31-18-10-4-3-5-11-18)25(21)27(28)19-12-6-7-13-20(19)32-24-17-9-15-22(30-2)26(24)27/h3-17,28H,1-2H3. The summed E-state index contributed by atoms with van der Waals surface area (Å²) in [4.78, 5) is 0. The van der Waals surface area contributed by atoms with Crippen LogP contribution in [0.2, 0.25) is 0 Å². The number of aliphatic hydroxyl groups is 1. The van der Waals surface area contributed by atoms with Crippen LogP contribution in [0.4, 0.5) is 0 Å². The molecule has 0 saturated heterocycles. The number of benzene rings is 4. The monoisotopic (exact) mass is 426 g/mol. The Morgan fingerprint density at radius 2 is 1.22 bits per heavy atom. The van der Waals surface area contributed by atoms with Gasteiger partial charge in [-0.05, 0) is 42.5 Å².